The van der Waals surface area contributed by atoms with Crippen LogP contribution in [-0.2, 0) is 4.74 Å². The number of nitrogen functional groups attached to an aromatic ring is 1. The quantitative estimate of drug-likeness (QED) is 0.827. The first-order valence-corrected chi connectivity index (χ1v) is 5.63. The normalized spacial score (nSPS) is 10.3. The zero-order chi connectivity index (χ0) is 13.1. The van der Waals surface area contributed by atoms with Crippen LogP contribution in [0.5, 0.6) is 0 Å². The highest BCUT2D eigenvalue weighted by Gasteiger charge is 2.13. The summed E-state index contributed by atoms with van der Waals surface area (Å²) in [6.45, 7) is 2.06. The SMILES string of the molecule is CCOC(=O)c1c[nH]c(-c2nc(N)ncc2Cl)c1. The summed E-state index contributed by atoms with van der Waals surface area (Å²) in [7, 11) is 0. The van der Waals surface area contributed by atoms with Gasteiger partial charge in [0, 0.05) is 6.20 Å². The highest BCUT2D eigenvalue weighted by molar-refractivity contribution is 6.32. The van der Waals surface area contributed by atoms with Crippen molar-refractivity contribution >= 4 is 23.5 Å². The molecule has 2 aromatic heterocycles. The van der Waals surface area contributed by atoms with Crippen molar-refractivity contribution in [2.75, 3.05) is 12.3 Å². The number of anilines is 1. The van der Waals surface area contributed by atoms with E-state index < -0.39 is 5.97 Å². The fraction of sp³-hybridized carbons (Fsp3) is 0.182. The van der Waals surface area contributed by atoms with Gasteiger partial charge in [-0.25, -0.2) is 14.8 Å². The van der Waals surface area contributed by atoms with Crippen LogP contribution >= 0.6 is 11.6 Å². The number of aromatic nitrogens is 3. The van der Waals surface area contributed by atoms with Crippen molar-refractivity contribution in [1.29, 1.82) is 0 Å². The molecule has 7 heteroatoms. The summed E-state index contributed by atoms with van der Waals surface area (Å²) in [6.07, 6.45) is 2.94. The molecule has 0 amide bonds. The van der Waals surface area contributed by atoms with Gasteiger partial charge in [-0.1, -0.05) is 11.6 Å². The van der Waals surface area contributed by atoms with Gasteiger partial charge in [0.1, 0.15) is 5.69 Å². The molecule has 0 spiro atoms. The second kappa shape index (κ2) is 5.05. The Labute approximate surface area is 108 Å². The summed E-state index contributed by atoms with van der Waals surface area (Å²) in [6, 6.07) is 1.60. The Morgan fingerprint density at radius 3 is 3.11 bits per heavy atom. The average molecular weight is 267 g/mol. The van der Waals surface area contributed by atoms with Gasteiger partial charge in [-0.15, -0.1) is 0 Å². The second-order valence-electron chi connectivity index (χ2n) is 3.45. The van der Waals surface area contributed by atoms with Gasteiger partial charge in [-0.2, -0.15) is 0 Å². The lowest BCUT2D eigenvalue weighted by atomic mass is 10.2. The predicted octanol–water partition coefficient (Wildman–Crippen LogP) is 1.88. The van der Waals surface area contributed by atoms with Gasteiger partial charge in [0.15, 0.2) is 0 Å². The Morgan fingerprint density at radius 1 is 1.61 bits per heavy atom. The number of nitrogens with zero attached hydrogens (tertiary/aromatic N) is 2. The third-order valence-electron chi connectivity index (χ3n) is 2.21. The minimum atomic E-state index is -0.404. The topological polar surface area (TPSA) is 93.9 Å². The van der Waals surface area contributed by atoms with E-state index in [1.54, 1.807) is 13.0 Å². The Hall–Kier alpha value is -2.08. The van der Waals surface area contributed by atoms with E-state index in [0.717, 1.165) is 0 Å². The van der Waals surface area contributed by atoms with E-state index in [1.165, 1.54) is 12.4 Å². The van der Waals surface area contributed by atoms with E-state index in [0.29, 0.717) is 28.6 Å². The molecule has 0 unspecified atom stereocenters. The number of carbonyl (C=O) groups excluding carboxylic acids is 1. The third kappa shape index (κ3) is 2.43. The number of esters is 1. The molecule has 6 nitrogen and oxygen atoms in total. The first kappa shape index (κ1) is 12.4. The molecule has 94 valence electrons. The van der Waals surface area contributed by atoms with Crippen LogP contribution in [0.4, 0.5) is 5.95 Å². The van der Waals surface area contributed by atoms with Gasteiger partial charge >= 0.3 is 5.97 Å². The number of hydrogen-bond acceptors (Lipinski definition) is 5. The van der Waals surface area contributed by atoms with Crippen molar-refractivity contribution in [1.82, 2.24) is 15.0 Å². The Kier molecular flexibility index (Phi) is 3.47. The summed E-state index contributed by atoms with van der Waals surface area (Å²) in [5.74, 6) is -0.292. The number of rotatable bonds is 3. The molecule has 0 atom stereocenters. The molecule has 0 saturated heterocycles. The number of hydrogen-bond donors (Lipinski definition) is 2. The van der Waals surface area contributed by atoms with Crippen molar-refractivity contribution < 1.29 is 9.53 Å². The monoisotopic (exact) mass is 266 g/mol. The maximum atomic E-state index is 11.5. The lowest BCUT2D eigenvalue weighted by molar-refractivity contribution is 0.0526. The smallest absolute Gasteiger partial charge is 0.339 e. The summed E-state index contributed by atoms with van der Waals surface area (Å²) in [5.41, 5.74) is 6.92. The van der Waals surface area contributed by atoms with Gasteiger partial charge in [0.25, 0.3) is 0 Å². The van der Waals surface area contributed by atoms with Crippen LogP contribution in [0.2, 0.25) is 5.02 Å². The van der Waals surface area contributed by atoms with E-state index >= 15 is 0 Å². The molecule has 0 aliphatic carbocycles. The number of ether oxygens (including phenoxy) is 1. The van der Waals surface area contributed by atoms with E-state index in [-0.39, 0.29) is 5.95 Å². The molecular weight excluding hydrogens is 256 g/mol. The van der Waals surface area contributed by atoms with Gasteiger partial charge in [0.2, 0.25) is 5.95 Å². The molecule has 0 aliphatic heterocycles. The zero-order valence-corrected chi connectivity index (χ0v) is 10.4. The van der Waals surface area contributed by atoms with Crippen LogP contribution in [0.25, 0.3) is 11.4 Å². The molecule has 2 aromatic rings. The third-order valence-corrected chi connectivity index (χ3v) is 2.49. The summed E-state index contributed by atoms with van der Waals surface area (Å²) >= 11 is 5.96. The van der Waals surface area contributed by atoms with Crippen LogP contribution in [0.3, 0.4) is 0 Å². The first-order valence-electron chi connectivity index (χ1n) is 5.25. The minimum absolute atomic E-state index is 0.113. The Balaban J connectivity index is 2.35. The van der Waals surface area contributed by atoms with Gasteiger partial charge in [-0.3, -0.25) is 0 Å². The maximum Gasteiger partial charge on any atom is 0.339 e. The molecule has 0 radical (unpaired) electrons. The lowest BCUT2D eigenvalue weighted by Crippen LogP contribution is -2.02. The molecule has 0 bridgehead atoms. The highest BCUT2D eigenvalue weighted by atomic mass is 35.5. The van der Waals surface area contributed by atoms with E-state index in [2.05, 4.69) is 15.0 Å². The molecule has 2 rings (SSSR count). The summed E-state index contributed by atoms with van der Waals surface area (Å²) in [5, 5.41) is 0.349. The Morgan fingerprint density at radius 2 is 2.39 bits per heavy atom. The molecular formula is C11H11ClN4O2. The van der Waals surface area contributed by atoms with Crippen LogP contribution < -0.4 is 5.73 Å². The minimum Gasteiger partial charge on any atom is -0.462 e. The van der Waals surface area contributed by atoms with Crippen molar-refractivity contribution in [3.63, 3.8) is 0 Å². The number of H-pyrrole nitrogens is 1. The molecule has 18 heavy (non-hydrogen) atoms. The van der Waals surface area contributed by atoms with Crippen LogP contribution in [0.1, 0.15) is 17.3 Å². The number of nitrogens with two attached hydrogens (primary N) is 1. The van der Waals surface area contributed by atoms with E-state index in [4.69, 9.17) is 22.1 Å². The second-order valence-corrected chi connectivity index (χ2v) is 3.85. The van der Waals surface area contributed by atoms with Crippen LogP contribution in [0, 0.1) is 0 Å². The summed E-state index contributed by atoms with van der Waals surface area (Å²) < 4.78 is 4.88. The van der Waals surface area contributed by atoms with E-state index in [1.807, 2.05) is 0 Å². The van der Waals surface area contributed by atoms with Crippen molar-refractivity contribution in [3.8, 4) is 11.4 Å². The number of halogens is 1. The first-order chi connectivity index (χ1) is 8.61. The molecule has 0 fully saturated rings. The van der Waals surface area contributed by atoms with Crippen LogP contribution in [-0.4, -0.2) is 27.5 Å². The molecule has 0 saturated carbocycles. The molecule has 0 aliphatic rings. The molecule has 2 heterocycles. The average Bonchev–Trinajstić information content (AvgIpc) is 2.82. The van der Waals surface area contributed by atoms with Crippen molar-refractivity contribution in [3.05, 3.63) is 29.0 Å². The molecule has 0 aromatic carbocycles. The van der Waals surface area contributed by atoms with Crippen molar-refractivity contribution in [2.24, 2.45) is 0 Å². The summed E-state index contributed by atoms with van der Waals surface area (Å²) in [4.78, 5) is 22.2. The predicted molar refractivity (Wildman–Crippen MR) is 67.2 cm³/mol. The lowest BCUT2D eigenvalue weighted by Gasteiger charge is -2.00. The maximum absolute atomic E-state index is 11.5. The number of aromatic amines is 1. The largest absolute Gasteiger partial charge is 0.462 e. The number of carbonyl (C=O) groups is 1. The van der Waals surface area contributed by atoms with Gasteiger partial charge in [-0.05, 0) is 13.0 Å². The highest BCUT2D eigenvalue weighted by Crippen LogP contribution is 2.25. The van der Waals surface area contributed by atoms with Gasteiger partial charge in [0.05, 0.1) is 29.1 Å². The zero-order valence-electron chi connectivity index (χ0n) is 9.61. The molecule has 3 N–H and O–H groups in total. The standard InChI is InChI=1S/C11H11ClN4O2/c1-2-18-10(17)6-3-8(14-4-6)9-7(12)5-15-11(13)16-9/h3-5,14H,2H2,1H3,(H2,13,15,16). The van der Waals surface area contributed by atoms with Crippen molar-refractivity contribution in [2.45, 2.75) is 6.92 Å². The Bertz CT molecular complexity index is 582. The fourth-order valence-electron chi connectivity index (χ4n) is 1.43. The number of nitrogens with one attached hydrogen (secondary N) is 1. The van der Waals surface area contributed by atoms with E-state index in [9.17, 15) is 4.79 Å². The van der Waals surface area contributed by atoms with Crippen LogP contribution in [0.15, 0.2) is 18.5 Å². The fourth-order valence-corrected chi connectivity index (χ4v) is 1.63. The van der Waals surface area contributed by atoms with Gasteiger partial charge < -0.3 is 15.5 Å².